The summed E-state index contributed by atoms with van der Waals surface area (Å²) in [6, 6.07) is 19.5. The first-order valence-corrected chi connectivity index (χ1v) is 11.1. The van der Waals surface area contributed by atoms with E-state index in [2.05, 4.69) is 33.0 Å². The van der Waals surface area contributed by atoms with Crippen molar-refractivity contribution in [3.05, 3.63) is 72.4 Å². The molecule has 0 unspecified atom stereocenters. The molecule has 1 fully saturated rings. The van der Waals surface area contributed by atoms with E-state index in [1.54, 1.807) is 12.1 Å². The molecule has 0 atom stereocenters. The van der Waals surface area contributed by atoms with E-state index in [4.69, 9.17) is 14.5 Å². The second-order valence-corrected chi connectivity index (χ2v) is 8.43. The van der Waals surface area contributed by atoms with Gasteiger partial charge in [-0.1, -0.05) is 24.3 Å². The fraction of sp³-hybridized carbons (Fsp3) is 0.231. The lowest BCUT2D eigenvalue weighted by molar-refractivity contribution is 0.174. The molecule has 0 amide bonds. The molecule has 3 heterocycles. The van der Waals surface area contributed by atoms with Crippen molar-refractivity contribution in [1.29, 1.82) is 0 Å². The Morgan fingerprint density at radius 3 is 2.42 bits per heavy atom. The largest absolute Gasteiger partial charge is 0.508 e. The Kier molecular flexibility index (Phi) is 4.96. The smallest absolute Gasteiger partial charge is 0.231 e. The standard InChI is InChI=1S/C26H24N4O3/c31-21-5-2-19(3-6-21)20-4-7-22-23(14-20)28-26(15-27-22)30-11-9-29(10-12-30)16-18-1-8-24-25(13-18)33-17-32-24/h1-8,13-15,31H,9-12,16-17H2. The molecule has 0 radical (unpaired) electrons. The number of piperazine rings is 1. The number of aromatic hydroxyl groups is 1. The second kappa shape index (κ2) is 8.26. The molecule has 7 nitrogen and oxygen atoms in total. The van der Waals surface area contributed by atoms with Gasteiger partial charge in [-0.15, -0.1) is 0 Å². The van der Waals surface area contributed by atoms with Crippen LogP contribution >= 0.6 is 0 Å². The molecule has 7 heteroatoms. The maximum absolute atomic E-state index is 9.55. The van der Waals surface area contributed by atoms with Crippen molar-refractivity contribution in [2.45, 2.75) is 6.54 Å². The minimum absolute atomic E-state index is 0.263. The van der Waals surface area contributed by atoms with Gasteiger partial charge in [0.2, 0.25) is 6.79 Å². The van der Waals surface area contributed by atoms with E-state index in [9.17, 15) is 5.11 Å². The van der Waals surface area contributed by atoms with Crippen LogP contribution in [0.2, 0.25) is 0 Å². The number of hydrogen-bond donors (Lipinski definition) is 1. The van der Waals surface area contributed by atoms with E-state index in [0.717, 1.165) is 72.2 Å². The lowest BCUT2D eigenvalue weighted by atomic mass is 10.0. The fourth-order valence-electron chi connectivity index (χ4n) is 4.42. The summed E-state index contributed by atoms with van der Waals surface area (Å²) in [4.78, 5) is 14.3. The van der Waals surface area contributed by atoms with E-state index < -0.39 is 0 Å². The number of benzene rings is 3. The van der Waals surface area contributed by atoms with Gasteiger partial charge >= 0.3 is 0 Å². The highest BCUT2D eigenvalue weighted by molar-refractivity contribution is 5.82. The third-order valence-electron chi connectivity index (χ3n) is 6.27. The molecular weight excluding hydrogens is 416 g/mol. The van der Waals surface area contributed by atoms with E-state index in [-0.39, 0.29) is 5.75 Å². The van der Waals surface area contributed by atoms with Crippen molar-refractivity contribution < 1.29 is 14.6 Å². The summed E-state index contributed by atoms with van der Waals surface area (Å²) >= 11 is 0. The lowest BCUT2D eigenvalue weighted by Gasteiger charge is -2.35. The predicted octanol–water partition coefficient (Wildman–Crippen LogP) is 4.05. The van der Waals surface area contributed by atoms with Gasteiger partial charge in [-0.25, -0.2) is 4.98 Å². The zero-order valence-electron chi connectivity index (χ0n) is 18.1. The van der Waals surface area contributed by atoms with Crippen LogP contribution in [-0.4, -0.2) is 52.9 Å². The van der Waals surface area contributed by atoms with Crippen LogP contribution in [0.25, 0.3) is 22.2 Å². The molecule has 0 spiro atoms. The highest BCUT2D eigenvalue weighted by atomic mass is 16.7. The molecule has 33 heavy (non-hydrogen) atoms. The van der Waals surface area contributed by atoms with Crippen molar-refractivity contribution in [1.82, 2.24) is 14.9 Å². The average molecular weight is 441 g/mol. The number of phenols is 1. The zero-order valence-corrected chi connectivity index (χ0v) is 18.1. The summed E-state index contributed by atoms with van der Waals surface area (Å²) in [6.45, 7) is 4.93. The molecular formula is C26H24N4O3. The van der Waals surface area contributed by atoms with Crippen molar-refractivity contribution >= 4 is 16.9 Å². The molecule has 1 aromatic heterocycles. The summed E-state index contributed by atoms with van der Waals surface area (Å²) in [5.74, 6) is 2.84. The molecule has 1 N–H and O–H groups in total. The number of aromatic nitrogens is 2. The number of rotatable bonds is 4. The SMILES string of the molecule is Oc1ccc(-c2ccc3ncc(N4CCN(Cc5ccc6c(c5)OCO6)CC4)nc3c2)cc1. The van der Waals surface area contributed by atoms with Gasteiger partial charge in [0.05, 0.1) is 17.2 Å². The topological polar surface area (TPSA) is 71.0 Å². The fourth-order valence-corrected chi connectivity index (χ4v) is 4.42. The minimum Gasteiger partial charge on any atom is -0.508 e. The Labute approximate surface area is 191 Å². The van der Waals surface area contributed by atoms with Crippen LogP contribution in [0.15, 0.2) is 66.9 Å². The molecule has 166 valence electrons. The summed E-state index contributed by atoms with van der Waals surface area (Å²) in [7, 11) is 0. The summed E-state index contributed by atoms with van der Waals surface area (Å²) in [5.41, 5.74) is 5.09. The number of hydrogen-bond acceptors (Lipinski definition) is 7. The number of anilines is 1. The number of ether oxygens (including phenoxy) is 2. The Morgan fingerprint density at radius 1 is 0.788 bits per heavy atom. The van der Waals surface area contributed by atoms with Crippen molar-refractivity contribution in [3.63, 3.8) is 0 Å². The second-order valence-electron chi connectivity index (χ2n) is 8.43. The number of fused-ring (bicyclic) bond motifs is 2. The molecule has 1 saturated heterocycles. The molecule has 0 saturated carbocycles. The van der Waals surface area contributed by atoms with Crippen LogP contribution in [0, 0.1) is 0 Å². The molecule has 0 aliphatic carbocycles. The normalized spacial score (nSPS) is 15.8. The molecule has 2 aliphatic rings. The van der Waals surface area contributed by atoms with Crippen molar-refractivity contribution in [2.75, 3.05) is 37.9 Å². The Bertz CT molecular complexity index is 1300. The summed E-state index contributed by atoms with van der Waals surface area (Å²) in [6.07, 6.45) is 1.87. The summed E-state index contributed by atoms with van der Waals surface area (Å²) in [5, 5.41) is 9.55. The van der Waals surface area contributed by atoms with Crippen LogP contribution < -0.4 is 14.4 Å². The first kappa shape index (κ1) is 19.8. The van der Waals surface area contributed by atoms with Crippen LogP contribution in [0.4, 0.5) is 5.82 Å². The van der Waals surface area contributed by atoms with Crippen LogP contribution in [0.3, 0.4) is 0 Å². The number of nitrogens with zero attached hydrogens (tertiary/aromatic N) is 4. The Hall–Kier alpha value is -3.84. The van der Waals surface area contributed by atoms with Gasteiger partial charge in [0.1, 0.15) is 11.6 Å². The maximum atomic E-state index is 9.55. The lowest BCUT2D eigenvalue weighted by Crippen LogP contribution is -2.46. The van der Waals surface area contributed by atoms with Crippen molar-refractivity contribution in [3.8, 4) is 28.4 Å². The van der Waals surface area contributed by atoms with Crippen LogP contribution in [0.5, 0.6) is 17.2 Å². The van der Waals surface area contributed by atoms with Gasteiger partial charge in [0.15, 0.2) is 11.5 Å². The monoisotopic (exact) mass is 440 g/mol. The van der Waals surface area contributed by atoms with Gasteiger partial charge in [-0.2, -0.15) is 0 Å². The summed E-state index contributed by atoms with van der Waals surface area (Å²) < 4.78 is 10.9. The number of phenolic OH excluding ortho intramolecular Hbond substituents is 1. The van der Waals surface area contributed by atoms with E-state index >= 15 is 0 Å². The molecule has 4 aromatic rings. The van der Waals surface area contributed by atoms with E-state index in [0.29, 0.717) is 6.79 Å². The van der Waals surface area contributed by atoms with Crippen molar-refractivity contribution in [2.24, 2.45) is 0 Å². The predicted molar refractivity (Wildman–Crippen MR) is 127 cm³/mol. The van der Waals surface area contributed by atoms with Gasteiger partial charge < -0.3 is 19.5 Å². The van der Waals surface area contributed by atoms with Crippen LogP contribution in [-0.2, 0) is 6.54 Å². The Morgan fingerprint density at radius 2 is 1.58 bits per heavy atom. The third-order valence-corrected chi connectivity index (χ3v) is 6.27. The highest BCUT2D eigenvalue weighted by Crippen LogP contribution is 2.33. The van der Waals surface area contributed by atoms with Gasteiger partial charge in [0, 0.05) is 32.7 Å². The first-order chi connectivity index (χ1) is 16.2. The molecule has 2 aliphatic heterocycles. The molecule has 3 aromatic carbocycles. The minimum atomic E-state index is 0.263. The first-order valence-electron chi connectivity index (χ1n) is 11.1. The maximum Gasteiger partial charge on any atom is 0.231 e. The van der Waals surface area contributed by atoms with E-state index in [1.165, 1.54) is 5.56 Å². The van der Waals surface area contributed by atoms with Crippen LogP contribution in [0.1, 0.15) is 5.56 Å². The zero-order chi connectivity index (χ0) is 22.2. The molecule has 6 rings (SSSR count). The quantitative estimate of drug-likeness (QED) is 0.513. The Balaban J connectivity index is 1.15. The highest BCUT2D eigenvalue weighted by Gasteiger charge is 2.20. The molecule has 0 bridgehead atoms. The van der Waals surface area contributed by atoms with Gasteiger partial charge in [0.25, 0.3) is 0 Å². The third kappa shape index (κ3) is 4.03. The van der Waals surface area contributed by atoms with Gasteiger partial charge in [-0.05, 0) is 53.1 Å². The van der Waals surface area contributed by atoms with Gasteiger partial charge in [-0.3, -0.25) is 9.88 Å². The van der Waals surface area contributed by atoms with E-state index in [1.807, 2.05) is 36.5 Å². The average Bonchev–Trinajstić information content (AvgIpc) is 3.32.